The highest BCUT2D eigenvalue weighted by Gasteiger charge is 2.51. The monoisotopic (exact) mass is 428 g/mol. The summed E-state index contributed by atoms with van der Waals surface area (Å²) in [5.74, 6) is 1.29. The maximum absolute atomic E-state index is 13.3. The molecule has 2 amide bonds. The van der Waals surface area contributed by atoms with Crippen molar-refractivity contribution >= 4 is 17.5 Å². The van der Waals surface area contributed by atoms with Crippen LogP contribution in [0.25, 0.3) is 11.1 Å². The molecule has 2 N–H and O–H groups in total. The number of amides is 2. The molecule has 1 fully saturated rings. The Morgan fingerprint density at radius 3 is 2.41 bits per heavy atom. The molecule has 0 aromatic heterocycles. The van der Waals surface area contributed by atoms with E-state index in [-0.39, 0.29) is 18.6 Å². The van der Waals surface area contributed by atoms with Gasteiger partial charge in [0.15, 0.2) is 11.5 Å². The van der Waals surface area contributed by atoms with E-state index in [2.05, 4.69) is 10.6 Å². The highest BCUT2D eigenvalue weighted by atomic mass is 16.7. The molecule has 162 valence electrons. The highest BCUT2D eigenvalue weighted by molar-refractivity contribution is 6.02. The molecule has 6 heteroatoms. The summed E-state index contributed by atoms with van der Waals surface area (Å²) in [6.45, 7) is 2.21. The van der Waals surface area contributed by atoms with E-state index in [4.69, 9.17) is 9.47 Å². The minimum absolute atomic E-state index is 0.00780. The van der Waals surface area contributed by atoms with Crippen LogP contribution in [-0.4, -0.2) is 25.7 Å². The quantitative estimate of drug-likeness (QED) is 0.631. The summed E-state index contributed by atoms with van der Waals surface area (Å²) in [5.41, 5.74) is 4.81. The van der Waals surface area contributed by atoms with Crippen LogP contribution in [0.3, 0.4) is 0 Å². The Morgan fingerprint density at radius 2 is 1.69 bits per heavy atom. The fourth-order valence-corrected chi connectivity index (χ4v) is 4.24. The normalized spacial score (nSPS) is 15.2. The molecule has 0 saturated heterocycles. The van der Waals surface area contributed by atoms with Gasteiger partial charge in [-0.1, -0.05) is 30.3 Å². The fraction of sp³-hybridized carbons (Fsp3) is 0.231. The van der Waals surface area contributed by atoms with Gasteiger partial charge < -0.3 is 20.1 Å². The lowest BCUT2D eigenvalue weighted by Gasteiger charge is -2.19. The van der Waals surface area contributed by atoms with Crippen molar-refractivity contribution in [3.63, 3.8) is 0 Å². The van der Waals surface area contributed by atoms with Crippen molar-refractivity contribution in [3.8, 4) is 22.6 Å². The summed E-state index contributed by atoms with van der Waals surface area (Å²) in [6, 6.07) is 19.1. The zero-order valence-corrected chi connectivity index (χ0v) is 18.0. The van der Waals surface area contributed by atoms with Crippen LogP contribution in [0.15, 0.2) is 60.7 Å². The van der Waals surface area contributed by atoms with Gasteiger partial charge >= 0.3 is 0 Å². The van der Waals surface area contributed by atoms with Crippen molar-refractivity contribution < 1.29 is 19.1 Å². The second-order valence-corrected chi connectivity index (χ2v) is 8.24. The van der Waals surface area contributed by atoms with Crippen molar-refractivity contribution in [3.05, 3.63) is 77.4 Å². The number of benzene rings is 3. The number of ether oxygens (including phenoxy) is 2. The Morgan fingerprint density at radius 1 is 0.938 bits per heavy atom. The standard InChI is InChI=1S/C26H24N2O4/c1-16-20(17-6-8-18(9-7-17)24(29)27-2)4-3-5-21(16)28-25(30)26(12-13-26)19-10-11-22-23(14-19)32-15-31-22/h3-11,14H,12-13,15H2,1-2H3,(H,27,29)(H,28,30). The SMILES string of the molecule is CNC(=O)c1ccc(-c2cccc(NC(=O)C3(c4ccc5c(c4)OCO5)CC3)c2C)cc1. The van der Waals surface area contributed by atoms with Gasteiger partial charge in [0.25, 0.3) is 5.91 Å². The average molecular weight is 428 g/mol. The van der Waals surface area contributed by atoms with Crippen LogP contribution < -0.4 is 20.1 Å². The molecule has 5 rings (SSSR count). The van der Waals surface area contributed by atoms with Gasteiger partial charge in [0, 0.05) is 18.3 Å². The first-order valence-electron chi connectivity index (χ1n) is 10.7. The van der Waals surface area contributed by atoms with Crippen LogP contribution in [0.4, 0.5) is 5.69 Å². The Hall–Kier alpha value is -3.80. The molecule has 0 radical (unpaired) electrons. The summed E-state index contributed by atoms with van der Waals surface area (Å²) in [4.78, 5) is 25.1. The molecule has 0 spiro atoms. The van der Waals surface area contributed by atoms with Gasteiger partial charge in [0.05, 0.1) is 5.41 Å². The van der Waals surface area contributed by atoms with Gasteiger partial charge in [0.2, 0.25) is 12.7 Å². The van der Waals surface area contributed by atoms with Gasteiger partial charge in [-0.25, -0.2) is 0 Å². The number of hydrogen-bond donors (Lipinski definition) is 2. The Kier molecular flexibility index (Phi) is 4.85. The van der Waals surface area contributed by atoms with Crippen LogP contribution in [0, 0.1) is 6.92 Å². The Bertz CT molecular complexity index is 1210. The van der Waals surface area contributed by atoms with Gasteiger partial charge in [-0.3, -0.25) is 9.59 Å². The summed E-state index contributed by atoms with van der Waals surface area (Å²) in [6.07, 6.45) is 1.61. The molecule has 32 heavy (non-hydrogen) atoms. The van der Waals surface area contributed by atoms with Crippen LogP contribution in [0.1, 0.15) is 34.3 Å². The van der Waals surface area contributed by atoms with E-state index in [9.17, 15) is 9.59 Å². The second kappa shape index (κ2) is 7.71. The van der Waals surface area contributed by atoms with E-state index in [1.54, 1.807) is 19.2 Å². The van der Waals surface area contributed by atoms with Crippen molar-refractivity contribution in [1.82, 2.24) is 5.32 Å². The maximum atomic E-state index is 13.3. The second-order valence-electron chi connectivity index (χ2n) is 8.24. The van der Waals surface area contributed by atoms with E-state index in [1.807, 2.05) is 55.5 Å². The molecule has 1 aliphatic heterocycles. The third kappa shape index (κ3) is 3.38. The molecule has 3 aromatic carbocycles. The molecule has 0 atom stereocenters. The van der Waals surface area contributed by atoms with Crippen molar-refractivity contribution in [1.29, 1.82) is 0 Å². The van der Waals surface area contributed by atoms with Gasteiger partial charge in [-0.15, -0.1) is 0 Å². The number of nitrogens with one attached hydrogen (secondary N) is 2. The highest BCUT2D eigenvalue weighted by Crippen LogP contribution is 2.51. The molecule has 3 aromatic rings. The van der Waals surface area contributed by atoms with E-state index in [0.717, 1.165) is 46.5 Å². The van der Waals surface area contributed by atoms with Crippen LogP contribution >= 0.6 is 0 Å². The molecule has 0 unspecified atom stereocenters. The summed E-state index contributed by atoms with van der Waals surface area (Å²) in [7, 11) is 1.61. The molecule has 2 aliphatic rings. The van der Waals surface area contributed by atoms with E-state index in [1.165, 1.54) is 0 Å². The van der Waals surface area contributed by atoms with Crippen molar-refractivity contribution in [2.75, 3.05) is 19.2 Å². The minimum Gasteiger partial charge on any atom is -0.454 e. The zero-order valence-electron chi connectivity index (χ0n) is 18.0. The number of carbonyl (C=O) groups excluding carboxylic acids is 2. The minimum atomic E-state index is -0.529. The third-order valence-electron chi connectivity index (χ3n) is 6.38. The third-order valence-corrected chi connectivity index (χ3v) is 6.38. The van der Waals surface area contributed by atoms with Gasteiger partial charge in [-0.05, 0) is 72.4 Å². The number of fused-ring (bicyclic) bond motifs is 1. The van der Waals surface area contributed by atoms with Crippen LogP contribution in [0.2, 0.25) is 0 Å². The molecule has 1 aliphatic carbocycles. The van der Waals surface area contributed by atoms with Crippen molar-refractivity contribution in [2.45, 2.75) is 25.2 Å². The lowest BCUT2D eigenvalue weighted by Crippen LogP contribution is -2.28. The maximum Gasteiger partial charge on any atom is 0.251 e. The van der Waals surface area contributed by atoms with Crippen molar-refractivity contribution in [2.24, 2.45) is 0 Å². The number of rotatable bonds is 5. The van der Waals surface area contributed by atoms with E-state index >= 15 is 0 Å². The lowest BCUT2D eigenvalue weighted by atomic mass is 9.93. The molecule has 0 bridgehead atoms. The Labute approximate surface area is 186 Å². The summed E-state index contributed by atoms with van der Waals surface area (Å²) < 4.78 is 10.9. The van der Waals surface area contributed by atoms with Gasteiger partial charge in [-0.2, -0.15) is 0 Å². The topological polar surface area (TPSA) is 76.7 Å². The van der Waals surface area contributed by atoms with E-state index in [0.29, 0.717) is 11.3 Å². The predicted molar refractivity (Wildman–Crippen MR) is 122 cm³/mol. The summed E-state index contributed by atoms with van der Waals surface area (Å²) in [5, 5.41) is 5.78. The van der Waals surface area contributed by atoms with E-state index < -0.39 is 5.41 Å². The smallest absolute Gasteiger partial charge is 0.251 e. The first-order chi connectivity index (χ1) is 15.5. The number of anilines is 1. The largest absolute Gasteiger partial charge is 0.454 e. The molecular weight excluding hydrogens is 404 g/mol. The first kappa shape index (κ1) is 20.1. The molecule has 1 saturated carbocycles. The first-order valence-corrected chi connectivity index (χ1v) is 10.7. The summed E-state index contributed by atoms with van der Waals surface area (Å²) >= 11 is 0. The lowest BCUT2D eigenvalue weighted by molar-refractivity contribution is -0.118. The van der Waals surface area contributed by atoms with Gasteiger partial charge in [0.1, 0.15) is 0 Å². The molecule has 6 nitrogen and oxygen atoms in total. The zero-order chi connectivity index (χ0) is 22.3. The average Bonchev–Trinajstić information content (AvgIpc) is 3.51. The predicted octanol–water partition coefficient (Wildman–Crippen LogP) is 4.42. The van der Waals surface area contributed by atoms with Crippen LogP contribution in [-0.2, 0) is 10.2 Å². The molecular formula is C26H24N2O4. The number of hydrogen-bond acceptors (Lipinski definition) is 4. The fourth-order valence-electron chi connectivity index (χ4n) is 4.24. The Balaban J connectivity index is 1.39. The molecule has 1 heterocycles. The van der Waals surface area contributed by atoms with Crippen LogP contribution in [0.5, 0.6) is 11.5 Å². The number of carbonyl (C=O) groups is 2.